The van der Waals surface area contributed by atoms with Crippen molar-refractivity contribution in [1.82, 2.24) is 0 Å². The van der Waals surface area contributed by atoms with E-state index in [-0.39, 0.29) is 5.97 Å². The molecule has 0 saturated heterocycles. The van der Waals surface area contributed by atoms with E-state index in [1.165, 1.54) is 19.3 Å². The third kappa shape index (κ3) is 13.7. The second-order valence-corrected chi connectivity index (χ2v) is 4.25. The number of halogens is 1. The average Bonchev–Trinajstić information content (AvgIpc) is 2.33. The Balaban J connectivity index is 3.19. The average molecular weight is 352 g/mol. The Hall–Kier alpha value is -0.280. The Morgan fingerprint density at radius 3 is 2.65 bits per heavy atom. The standard InChI is InChI=1S/C13H21IO3/c1-2-3-4-5-6-8-13(15)17-12-11-16-10-7-9-14/h2-6,8,10-12H2,1H3. The minimum atomic E-state index is -0.120. The second kappa shape index (κ2) is 13.8. The van der Waals surface area contributed by atoms with Gasteiger partial charge in [0.25, 0.3) is 0 Å². The number of unbranched alkanes of at least 4 members (excludes halogenated alkanes) is 4. The fourth-order valence-electron chi connectivity index (χ4n) is 1.31. The molecule has 0 radical (unpaired) electrons. The van der Waals surface area contributed by atoms with Crippen molar-refractivity contribution < 1.29 is 14.3 Å². The highest BCUT2D eigenvalue weighted by Crippen LogP contribution is 2.05. The van der Waals surface area contributed by atoms with Crippen LogP contribution in [0.2, 0.25) is 0 Å². The molecule has 0 spiro atoms. The molecule has 0 aliphatic carbocycles. The van der Waals surface area contributed by atoms with Crippen LogP contribution in [-0.4, -0.2) is 25.8 Å². The quantitative estimate of drug-likeness (QED) is 0.262. The third-order valence-corrected chi connectivity index (χ3v) is 2.60. The molecular formula is C13H21IO3. The van der Waals surface area contributed by atoms with Gasteiger partial charge in [-0.1, -0.05) is 38.5 Å². The van der Waals surface area contributed by atoms with Crippen molar-refractivity contribution >= 4 is 28.6 Å². The summed E-state index contributed by atoms with van der Waals surface area (Å²) in [5.41, 5.74) is 0. The molecule has 0 unspecified atom stereocenters. The van der Waals surface area contributed by atoms with Gasteiger partial charge in [0.15, 0.2) is 0 Å². The van der Waals surface area contributed by atoms with E-state index in [1.54, 1.807) is 0 Å². The lowest BCUT2D eigenvalue weighted by atomic mass is 10.1. The number of hydrogen-bond donors (Lipinski definition) is 0. The van der Waals surface area contributed by atoms with Crippen molar-refractivity contribution in [3.63, 3.8) is 0 Å². The highest BCUT2D eigenvalue weighted by molar-refractivity contribution is 14.1. The molecule has 0 aromatic heterocycles. The van der Waals surface area contributed by atoms with Crippen LogP contribution < -0.4 is 0 Å². The number of carbonyl (C=O) groups excluding carboxylic acids is 1. The minimum Gasteiger partial charge on any atom is -0.463 e. The fourth-order valence-corrected chi connectivity index (χ4v) is 1.47. The van der Waals surface area contributed by atoms with Crippen LogP contribution in [-0.2, 0) is 14.3 Å². The molecule has 3 nitrogen and oxygen atoms in total. The van der Waals surface area contributed by atoms with Gasteiger partial charge in [0.2, 0.25) is 0 Å². The van der Waals surface area contributed by atoms with Gasteiger partial charge in [-0.3, -0.25) is 4.79 Å². The van der Waals surface area contributed by atoms with Crippen LogP contribution in [0.5, 0.6) is 0 Å². The summed E-state index contributed by atoms with van der Waals surface area (Å²) in [5.74, 6) is 2.64. The molecule has 0 aromatic rings. The van der Waals surface area contributed by atoms with Gasteiger partial charge in [-0.2, -0.15) is 0 Å². The molecule has 0 aliphatic rings. The van der Waals surface area contributed by atoms with Gasteiger partial charge in [-0.05, 0) is 10.3 Å². The number of ether oxygens (including phenoxy) is 2. The summed E-state index contributed by atoms with van der Waals surface area (Å²) >= 11 is 1.96. The fraction of sp³-hybridized carbons (Fsp3) is 0.769. The third-order valence-electron chi connectivity index (χ3n) is 2.22. The Labute approximate surface area is 118 Å². The first-order valence-corrected chi connectivity index (χ1v) is 7.21. The van der Waals surface area contributed by atoms with Crippen molar-refractivity contribution in [1.29, 1.82) is 0 Å². The molecule has 98 valence electrons. The molecule has 0 fully saturated rings. The smallest absolute Gasteiger partial charge is 0.305 e. The topological polar surface area (TPSA) is 35.5 Å². The molecular weight excluding hydrogens is 331 g/mol. The van der Waals surface area contributed by atoms with Crippen molar-refractivity contribution in [2.45, 2.75) is 45.4 Å². The van der Waals surface area contributed by atoms with E-state index < -0.39 is 0 Å². The van der Waals surface area contributed by atoms with Crippen LogP contribution in [0.4, 0.5) is 0 Å². The number of rotatable bonds is 10. The normalized spacial score (nSPS) is 9.53. The van der Waals surface area contributed by atoms with Crippen molar-refractivity contribution in [2.24, 2.45) is 0 Å². The molecule has 0 bridgehead atoms. The van der Waals surface area contributed by atoms with Crippen molar-refractivity contribution in [2.75, 3.05) is 19.8 Å². The summed E-state index contributed by atoms with van der Waals surface area (Å²) in [6.07, 6.45) is 6.26. The van der Waals surface area contributed by atoms with Crippen molar-refractivity contribution in [3.8, 4) is 9.85 Å². The Morgan fingerprint density at radius 1 is 1.18 bits per heavy atom. The van der Waals surface area contributed by atoms with Crippen LogP contribution in [0.15, 0.2) is 0 Å². The molecule has 0 atom stereocenters. The molecule has 0 saturated carbocycles. The summed E-state index contributed by atoms with van der Waals surface area (Å²) in [7, 11) is 0. The summed E-state index contributed by atoms with van der Waals surface area (Å²) in [5, 5.41) is 0. The largest absolute Gasteiger partial charge is 0.463 e. The maximum absolute atomic E-state index is 11.3. The van der Waals surface area contributed by atoms with E-state index in [0.29, 0.717) is 26.2 Å². The zero-order valence-corrected chi connectivity index (χ0v) is 12.6. The monoisotopic (exact) mass is 352 g/mol. The van der Waals surface area contributed by atoms with Gasteiger partial charge in [-0.15, -0.1) is 0 Å². The van der Waals surface area contributed by atoms with E-state index in [1.807, 2.05) is 22.6 Å². The van der Waals surface area contributed by atoms with Crippen LogP contribution in [0.25, 0.3) is 0 Å². The zero-order chi connectivity index (χ0) is 12.8. The van der Waals surface area contributed by atoms with Crippen LogP contribution in [0.3, 0.4) is 0 Å². The first-order chi connectivity index (χ1) is 8.31. The van der Waals surface area contributed by atoms with E-state index >= 15 is 0 Å². The van der Waals surface area contributed by atoms with Gasteiger partial charge in [-0.25, -0.2) is 0 Å². The first kappa shape index (κ1) is 16.7. The van der Waals surface area contributed by atoms with E-state index in [4.69, 9.17) is 9.47 Å². The molecule has 0 N–H and O–H groups in total. The van der Waals surface area contributed by atoms with Gasteiger partial charge in [0.1, 0.15) is 13.2 Å². The lowest BCUT2D eigenvalue weighted by molar-refractivity contribution is -0.145. The summed E-state index contributed by atoms with van der Waals surface area (Å²) in [6, 6.07) is 0. The predicted octanol–water partition coefficient (Wildman–Crippen LogP) is 3.30. The second-order valence-electron chi connectivity index (χ2n) is 3.71. The Bertz CT molecular complexity index is 243. The molecule has 17 heavy (non-hydrogen) atoms. The highest BCUT2D eigenvalue weighted by Gasteiger charge is 2.01. The van der Waals surface area contributed by atoms with E-state index in [0.717, 1.165) is 12.8 Å². The molecule has 0 rings (SSSR count). The lowest BCUT2D eigenvalue weighted by Gasteiger charge is -2.04. The van der Waals surface area contributed by atoms with Crippen molar-refractivity contribution in [3.05, 3.63) is 0 Å². The Morgan fingerprint density at radius 2 is 1.94 bits per heavy atom. The lowest BCUT2D eigenvalue weighted by Crippen LogP contribution is -2.10. The molecule has 0 heterocycles. The number of hydrogen-bond acceptors (Lipinski definition) is 3. The maximum atomic E-state index is 11.3. The van der Waals surface area contributed by atoms with Gasteiger partial charge in [0, 0.05) is 29.0 Å². The molecule has 0 aromatic carbocycles. The SMILES string of the molecule is CCCCCCCC(=O)OCCOCC#CI. The van der Waals surface area contributed by atoms with Gasteiger partial charge in [0.05, 0.1) is 6.61 Å². The number of esters is 1. The maximum Gasteiger partial charge on any atom is 0.305 e. The van der Waals surface area contributed by atoms with E-state index in [2.05, 4.69) is 16.8 Å². The first-order valence-electron chi connectivity index (χ1n) is 6.13. The molecule has 4 heteroatoms. The minimum absolute atomic E-state index is 0.120. The molecule has 0 amide bonds. The summed E-state index contributed by atoms with van der Waals surface area (Å²) in [6.45, 7) is 3.33. The Kier molecular flexibility index (Phi) is 13.6. The van der Waals surface area contributed by atoms with Crippen LogP contribution in [0, 0.1) is 9.85 Å². The highest BCUT2D eigenvalue weighted by atomic mass is 127. The van der Waals surface area contributed by atoms with Crippen LogP contribution in [0.1, 0.15) is 45.4 Å². The van der Waals surface area contributed by atoms with Gasteiger partial charge >= 0.3 is 5.97 Å². The van der Waals surface area contributed by atoms with E-state index in [9.17, 15) is 4.79 Å². The number of carbonyl (C=O) groups is 1. The summed E-state index contributed by atoms with van der Waals surface area (Å²) < 4.78 is 12.8. The summed E-state index contributed by atoms with van der Waals surface area (Å²) in [4.78, 5) is 11.3. The van der Waals surface area contributed by atoms with Crippen LogP contribution >= 0.6 is 22.6 Å². The predicted molar refractivity (Wildman–Crippen MR) is 77.0 cm³/mol. The molecule has 0 aliphatic heterocycles. The van der Waals surface area contributed by atoms with Gasteiger partial charge < -0.3 is 9.47 Å². The zero-order valence-electron chi connectivity index (χ0n) is 10.5.